The van der Waals surface area contributed by atoms with Gasteiger partial charge in [-0.3, -0.25) is 0 Å². The van der Waals surface area contributed by atoms with Gasteiger partial charge in [0.15, 0.2) is 28.7 Å². The lowest BCUT2D eigenvalue weighted by molar-refractivity contribution is -0.377. The topological polar surface area (TPSA) is 71.3 Å². The molecule has 0 aliphatic heterocycles. The zero-order chi connectivity index (χ0) is 22.1. The highest BCUT2D eigenvalue weighted by atomic mass is 32.2. The Balaban J connectivity index is 0.00000102. The van der Waals surface area contributed by atoms with Crippen LogP contribution in [0.2, 0.25) is 0 Å². The van der Waals surface area contributed by atoms with Gasteiger partial charge in [-0.15, -0.1) is 0 Å². The van der Waals surface area contributed by atoms with Crippen LogP contribution in [-0.2, 0) is 10.1 Å². The Hall–Kier alpha value is -1.50. The number of rotatable bonds is 9. The summed E-state index contributed by atoms with van der Waals surface area (Å²) in [5.74, 6) is -5.71. The molecule has 1 aromatic heterocycles. The second kappa shape index (κ2) is 10.9. The van der Waals surface area contributed by atoms with Crippen molar-refractivity contribution in [3.8, 4) is 0 Å². The van der Waals surface area contributed by atoms with E-state index in [1.54, 1.807) is 0 Å². The highest BCUT2D eigenvalue weighted by Crippen LogP contribution is 2.43. The Kier molecular flexibility index (Phi) is 10.3. The molecule has 0 fully saturated rings. The maximum atomic E-state index is 13.1. The van der Waals surface area contributed by atoms with Crippen molar-refractivity contribution in [2.45, 2.75) is 62.0 Å². The first-order valence-electron chi connectivity index (χ1n) is 7.96. The maximum Gasteiger partial charge on any atom is 0.399 e. The summed E-state index contributed by atoms with van der Waals surface area (Å²) in [4.78, 5) is 2.89. The van der Waals surface area contributed by atoms with E-state index in [1.807, 2.05) is 30.6 Å². The highest BCUT2D eigenvalue weighted by molar-refractivity contribution is 7.86. The minimum atomic E-state index is -6.76. The number of hydrogen-bond donors (Lipinski definition) is 0. The first-order chi connectivity index (χ1) is 12.6. The van der Waals surface area contributed by atoms with Crippen molar-refractivity contribution >= 4 is 10.1 Å². The summed E-state index contributed by atoms with van der Waals surface area (Å²) in [6.07, 6.45) is -7.57. The van der Waals surface area contributed by atoms with Crippen molar-refractivity contribution in [1.82, 2.24) is 0 Å². The average molecular weight is 445 g/mol. The zero-order valence-corrected chi connectivity index (χ0v) is 15.2. The van der Waals surface area contributed by atoms with Crippen LogP contribution < -0.4 is 4.98 Å². The Labute approximate surface area is 156 Å². The van der Waals surface area contributed by atoms with E-state index in [1.165, 1.54) is 0 Å². The molecule has 1 atom stereocenters. The molecule has 13 heteroatoms. The monoisotopic (exact) mass is 445 g/mol. The summed E-state index contributed by atoms with van der Waals surface area (Å²) in [6.45, 7) is 0. The van der Waals surface area contributed by atoms with Gasteiger partial charge in [-0.25, -0.2) is 17.8 Å². The fraction of sp³-hybridized carbons (Fsp3) is 0.667. The van der Waals surface area contributed by atoms with Crippen LogP contribution in [0.3, 0.4) is 0 Å². The SMILES string of the molecule is O=S(=O)([O-])C(F)(F)C(F)(F)C(F)CCCCCCC(F)(F)F.c1cc[nH+]cc1. The van der Waals surface area contributed by atoms with E-state index in [2.05, 4.69) is 4.98 Å². The van der Waals surface area contributed by atoms with Gasteiger partial charge in [0.2, 0.25) is 0 Å². The lowest BCUT2D eigenvalue weighted by Crippen LogP contribution is -2.52. The smallest absolute Gasteiger partial charge is 0.399 e. The van der Waals surface area contributed by atoms with E-state index in [0.717, 1.165) is 0 Å². The van der Waals surface area contributed by atoms with Crippen molar-refractivity contribution in [3.63, 3.8) is 0 Å². The predicted octanol–water partition coefficient (Wildman–Crippen LogP) is 4.50. The molecule has 1 heterocycles. The molecule has 1 rings (SSSR count). The van der Waals surface area contributed by atoms with E-state index in [0.29, 0.717) is 0 Å². The molecule has 0 aromatic carbocycles. The molecule has 4 nitrogen and oxygen atoms in total. The lowest BCUT2D eigenvalue weighted by Gasteiger charge is -2.30. The van der Waals surface area contributed by atoms with Gasteiger partial charge in [0, 0.05) is 18.6 Å². The summed E-state index contributed by atoms with van der Waals surface area (Å²) in [5, 5.41) is -6.10. The third-order valence-electron chi connectivity index (χ3n) is 3.37. The molecule has 0 aliphatic rings. The molecule has 0 aliphatic carbocycles. The van der Waals surface area contributed by atoms with Crippen molar-refractivity contribution < 1.29 is 53.1 Å². The first-order valence-corrected chi connectivity index (χ1v) is 9.36. The average Bonchev–Trinajstić information content (AvgIpc) is 2.57. The summed E-state index contributed by atoms with van der Waals surface area (Å²) >= 11 is 0. The molecule has 1 unspecified atom stereocenters. The second-order valence-corrected chi connectivity index (χ2v) is 7.13. The zero-order valence-electron chi connectivity index (χ0n) is 14.4. The Morgan fingerprint density at radius 3 is 1.71 bits per heavy atom. The number of aromatic amines is 1. The number of halogens is 8. The number of alkyl halides is 8. The van der Waals surface area contributed by atoms with Gasteiger partial charge in [0.1, 0.15) is 0 Å². The number of nitrogens with one attached hydrogen (secondary N) is 1. The number of aromatic nitrogens is 1. The number of unbranched alkanes of at least 4 members (excludes halogenated alkanes) is 3. The van der Waals surface area contributed by atoms with Gasteiger partial charge in [-0.2, -0.15) is 30.7 Å². The molecule has 0 bridgehead atoms. The predicted molar refractivity (Wildman–Crippen MR) is 81.2 cm³/mol. The molecule has 0 amide bonds. The van der Waals surface area contributed by atoms with Crippen LogP contribution in [0.25, 0.3) is 0 Å². The van der Waals surface area contributed by atoms with Gasteiger partial charge in [-0.1, -0.05) is 25.3 Å². The van der Waals surface area contributed by atoms with Crippen molar-refractivity contribution in [1.29, 1.82) is 0 Å². The minimum Gasteiger partial charge on any atom is -0.743 e. The molecular weight excluding hydrogens is 426 g/mol. The van der Waals surface area contributed by atoms with Crippen LogP contribution in [0.4, 0.5) is 35.1 Å². The molecule has 28 heavy (non-hydrogen) atoms. The minimum absolute atomic E-state index is 0.0892. The molecule has 164 valence electrons. The highest BCUT2D eigenvalue weighted by Gasteiger charge is 2.66. The van der Waals surface area contributed by atoms with E-state index >= 15 is 0 Å². The molecule has 0 radical (unpaired) electrons. The number of H-pyrrole nitrogens is 1. The van der Waals surface area contributed by atoms with E-state index in [-0.39, 0.29) is 19.3 Å². The van der Waals surface area contributed by atoms with Gasteiger partial charge >= 0.3 is 17.4 Å². The fourth-order valence-electron chi connectivity index (χ4n) is 1.87. The molecule has 0 saturated heterocycles. The number of hydrogen-bond acceptors (Lipinski definition) is 3. The van der Waals surface area contributed by atoms with Crippen LogP contribution in [0.5, 0.6) is 0 Å². The standard InChI is InChI=1S/C10H14F8O3S.C5H5N/c11-7(5-3-1-2-4-6-8(12,13)14)9(15,16)10(17,18)22(19,20)21;1-2-4-6-5-3-1/h7H,1-6H2,(H,19,20,21);1-5H. The summed E-state index contributed by atoms with van der Waals surface area (Å²) in [7, 11) is -6.76. The van der Waals surface area contributed by atoms with Crippen molar-refractivity contribution in [3.05, 3.63) is 30.6 Å². The van der Waals surface area contributed by atoms with E-state index in [4.69, 9.17) is 0 Å². The normalized spacial score (nSPS) is 14.2. The van der Waals surface area contributed by atoms with Crippen LogP contribution >= 0.6 is 0 Å². The van der Waals surface area contributed by atoms with Crippen LogP contribution in [0.1, 0.15) is 38.5 Å². The van der Waals surface area contributed by atoms with Gasteiger partial charge in [-0.05, 0) is 12.8 Å². The number of pyridine rings is 1. The van der Waals surface area contributed by atoms with E-state index < -0.39 is 52.9 Å². The van der Waals surface area contributed by atoms with Crippen molar-refractivity contribution in [2.24, 2.45) is 0 Å². The van der Waals surface area contributed by atoms with Crippen LogP contribution in [-0.4, -0.2) is 36.5 Å². The molecule has 0 spiro atoms. The van der Waals surface area contributed by atoms with Gasteiger partial charge < -0.3 is 4.55 Å². The molecule has 0 saturated carbocycles. The quantitative estimate of drug-likeness (QED) is 0.319. The third-order valence-corrected chi connectivity index (χ3v) is 4.27. The van der Waals surface area contributed by atoms with Crippen LogP contribution in [0, 0.1) is 0 Å². The summed E-state index contributed by atoms with van der Waals surface area (Å²) in [6, 6.07) is 5.86. The van der Waals surface area contributed by atoms with Gasteiger partial charge in [0.05, 0.1) is 0 Å². The third kappa shape index (κ3) is 9.13. The molecule has 1 N–H and O–H groups in total. The largest absolute Gasteiger partial charge is 0.743 e. The molecular formula is C15H19F8NO3S. The van der Waals surface area contributed by atoms with Gasteiger partial charge in [0.25, 0.3) is 0 Å². The fourth-order valence-corrected chi connectivity index (χ4v) is 2.34. The Morgan fingerprint density at radius 2 is 1.36 bits per heavy atom. The lowest BCUT2D eigenvalue weighted by atomic mass is 10.0. The molecule has 1 aromatic rings. The van der Waals surface area contributed by atoms with E-state index in [9.17, 15) is 48.1 Å². The van der Waals surface area contributed by atoms with Crippen LogP contribution in [0.15, 0.2) is 30.6 Å². The Morgan fingerprint density at radius 1 is 0.857 bits per heavy atom. The first kappa shape index (κ1) is 26.5. The second-order valence-electron chi connectivity index (χ2n) is 5.71. The Bertz CT molecular complexity index is 626. The maximum absolute atomic E-state index is 13.1. The van der Waals surface area contributed by atoms with Crippen molar-refractivity contribution in [2.75, 3.05) is 0 Å². The summed E-state index contributed by atoms with van der Waals surface area (Å²) < 4.78 is 130. The summed E-state index contributed by atoms with van der Waals surface area (Å²) in [5.41, 5.74) is 0.